The van der Waals surface area contributed by atoms with Gasteiger partial charge in [0.15, 0.2) is 0 Å². The van der Waals surface area contributed by atoms with Crippen molar-refractivity contribution in [2.45, 2.75) is 105 Å². The van der Waals surface area contributed by atoms with Crippen LogP contribution in [0, 0.1) is 17.8 Å². The number of nitrogens with zero attached hydrogens (tertiary/aromatic N) is 1. The summed E-state index contributed by atoms with van der Waals surface area (Å²) in [5.74, 6) is -5.25. The minimum atomic E-state index is -1.19. The Hall–Kier alpha value is -1.89. The maximum absolute atomic E-state index is 11.6. The normalized spacial score (nSPS) is 16.0. The molecule has 0 aromatic heterocycles. The zero-order valence-electron chi connectivity index (χ0n) is 22.7. The first kappa shape index (κ1) is 33.1. The third-order valence-corrected chi connectivity index (χ3v) is 6.87. The Morgan fingerprint density at radius 1 is 0.686 bits per heavy atom. The number of allylic oxidation sites excluding steroid dienone is 2. The molecule has 0 radical (unpaired) electrons. The SMILES string of the molecule is CCCCCC/C=C/CCCCCCCC[N+](CC(C)C(=O)[O-])(CC(C)C(=O)O)CC(C)C(=O)O. The average Bonchev–Trinajstić information content (AvgIpc) is 2.78. The van der Waals surface area contributed by atoms with Crippen molar-refractivity contribution in [3.05, 3.63) is 12.2 Å². The van der Waals surface area contributed by atoms with Crippen molar-refractivity contribution < 1.29 is 34.2 Å². The Morgan fingerprint density at radius 3 is 1.51 bits per heavy atom. The summed E-state index contributed by atoms with van der Waals surface area (Å²) < 4.78 is 0.180. The van der Waals surface area contributed by atoms with E-state index in [-0.39, 0.29) is 24.1 Å². The number of carbonyl (C=O) groups is 3. The Balaban J connectivity index is 4.69. The maximum atomic E-state index is 11.6. The largest absolute Gasteiger partial charge is 0.550 e. The van der Waals surface area contributed by atoms with Crippen LogP contribution in [0.4, 0.5) is 0 Å². The van der Waals surface area contributed by atoms with Crippen LogP contribution in [0.2, 0.25) is 0 Å². The highest BCUT2D eigenvalue weighted by Crippen LogP contribution is 2.22. The predicted molar refractivity (Wildman–Crippen MR) is 138 cm³/mol. The Labute approximate surface area is 213 Å². The van der Waals surface area contributed by atoms with Crippen LogP contribution in [0.3, 0.4) is 0 Å². The van der Waals surface area contributed by atoms with Gasteiger partial charge in [-0.15, -0.1) is 0 Å². The van der Waals surface area contributed by atoms with E-state index in [0.717, 1.165) is 32.1 Å². The molecule has 0 fully saturated rings. The van der Waals surface area contributed by atoms with Crippen LogP contribution >= 0.6 is 0 Å². The lowest BCUT2D eigenvalue weighted by Crippen LogP contribution is -2.58. The van der Waals surface area contributed by atoms with Crippen LogP contribution in [-0.2, 0) is 14.4 Å². The summed E-state index contributed by atoms with van der Waals surface area (Å²) in [5, 5.41) is 30.4. The predicted octanol–water partition coefficient (Wildman–Crippen LogP) is 4.89. The number of hydrogen-bond acceptors (Lipinski definition) is 4. The molecule has 35 heavy (non-hydrogen) atoms. The van der Waals surface area contributed by atoms with Gasteiger partial charge in [-0.05, 0) is 52.4 Å². The van der Waals surface area contributed by atoms with Crippen molar-refractivity contribution in [3.8, 4) is 0 Å². The molecule has 0 saturated heterocycles. The first-order chi connectivity index (χ1) is 16.5. The summed E-state index contributed by atoms with van der Waals surface area (Å²) in [6, 6.07) is 0. The molecule has 3 unspecified atom stereocenters. The third-order valence-electron chi connectivity index (χ3n) is 6.87. The van der Waals surface area contributed by atoms with Crippen molar-refractivity contribution in [2.24, 2.45) is 17.8 Å². The topological polar surface area (TPSA) is 115 Å². The van der Waals surface area contributed by atoms with E-state index in [1.807, 2.05) is 0 Å². The number of rotatable bonds is 23. The second-order valence-corrected chi connectivity index (χ2v) is 10.5. The summed E-state index contributed by atoms with van der Waals surface area (Å²) in [7, 11) is 0. The highest BCUT2D eigenvalue weighted by Gasteiger charge is 2.36. The number of carboxylic acids is 3. The fraction of sp³-hybridized carbons (Fsp3) is 0.821. The molecule has 0 aromatic rings. The van der Waals surface area contributed by atoms with Crippen LogP contribution < -0.4 is 5.11 Å². The fourth-order valence-corrected chi connectivity index (χ4v) is 4.81. The minimum Gasteiger partial charge on any atom is -0.550 e. The molecule has 0 aliphatic heterocycles. The third kappa shape index (κ3) is 16.4. The van der Waals surface area contributed by atoms with Gasteiger partial charge in [0.2, 0.25) is 0 Å². The van der Waals surface area contributed by atoms with Crippen molar-refractivity contribution in [1.29, 1.82) is 0 Å². The summed E-state index contributed by atoms with van der Waals surface area (Å²) in [5.41, 5.74) is 0. The molecule has 7 heteroatoms. The number of unbranched alkanes of at least 4 members (excludes halogenated alkanes) is 10. The summed E-state index contributed by atoms with van der Waals surface area (Å²) in [4.78, 5) is 34.6. The average molecular weight is 498 g/mol. The van der Waals surface area contributed by atoms with Gasteiger partial charge in [0.25, 0.3) is 0 Å². The molecular formula is C28H51NO6. The fourth-order valence-electron chi connectivity index (χ4n) is 4.81. The molecule has 204 valence electrons. The molecule has 0 bridgehead atoms. The molecule has 3 atom stereocenters. The Kier molecular flexibility index (Phi) is 18.3. The van der Waals surface area contributed by atoms with E-state index in [1.165, 1.54) is 44.9 Å². The lowest BCUT2D eigenvalue weighted by molar-refractivity contribution is -0.934. The van der Waals surface area contributed by atoms with Crippen molar-refractivity contribution in [3.63, 3.8) is 0 Å². The van der Waals surface area contributed by atoms with Crippen LogP contribution in [-0.4, -0.2) is 58.8 Å². The van der Waals surface area contributed by atoms with Gasteiger partial charge in [-0.3, -0.25) is 9.59 Å². The number of aliphatic carboxylic acids is 3. The van der Waals surface area contributed by atoms with Crippen LogP contribution in [0.1, 0.15) is 105 Å². The van der Waals surface area contributed by atoms with E-state index < -0.39 is 35.7 Å². The molecule has 0 aromatic carbocycles. The lowest BCUT2D eigenvalue weighted by Gasteiger charge is -2.43. The maximum Gasteiger partial charge on any atom is 0.311 e. The number of carboxylic acid groups (broad SMARTS) is 3. The van der Waals surface area contributed by atoms with Gasteiger partial charge in [-0.25, -0.2) is 0 Å². The molecule has 0 aliphatic carbocycles. The van der Waals surface area contributed by atoms with Gasteiger partial charge in [-0.2, -0.15) is 0 Å². The standard InChI is InChI=1S/C28H51NO6/c1-5-6-7-8-9-10-11-12-13-14-15-16-17-18-19-29(20-23(2)26(30)31,21-24(3)27(32)33)22-25(4)28(34)35/h10-11,23-25H,5-9,12-22H2,1-4H3,(H2-,30,31,32,33,34,35)/b11-10+. The molecular weight excluding hydrogens is 446 g/mol. The summed E-state index contributed by atoms with van der Waals surface area (Å²) in [6.07, 6.45) is 18.4. The Morgan fingerprint density at radius 2 is 1.09 bits per heavy atom. The number of quaternary nitrogens is 1. The molecule has 0 aliphatic rings. The Bertz CT molecular complexity index is 578. The van der Waals surface area contributed by atoms with Crippen molar-refractivity contribution in [2.75, 3.05) is 26.2 Å². The second kappa shape index (κ2) is 19.3. The van der Waals surface area contributed by atoms with E-state index >= 15 is 0 Å². The van der Waals surface area contributed by atoms with E-state index in [4.69, 9.17) is 0 Å². The molecule has 0 heterocycles. The van der Waals surface area contributed by atoms with Crippen molar-refractivity contribution >= 4 is 17.9 Å². The smallest absolute Gasteiger partial charge is 0.311 e. The quantitative estimate of drug-likeness (QED) is 0.118. The number of carbonyl (C=O) groups excluding carboxylic acids is 1. The summed E-state index contributed by atoms with van der Waals surface area (Å²) in [6.45, 7) is 8.18. The summed E-state index contributed by atoms with van der Waals surface area (Å²) >= 11 is 0. The van der Waals surface area contributed by atoms with E-state index in [0.29, 0.717) is 6.54 Å². The molecule has 2 N–H and O–H groups in total. The van der Waals surface area contributed by atoms with Gasteiger partial charge in [0.1, 0.15) is 11.8 Å². The number of hydrogen-bond donors (Lipinski definition) is 2. The molecule has 7 nitrogen and oxygen atoms in total. The zero-order valence-corrected chi connectivity index (χ0v) is 22.7. The molecule has 0 amide bonds. The minimum absolute atomic E-state index is 0.180. The van der Waals surface area contributed by atoms with E-state index in [9.17, 15) is 29.7 Å². The molecule has 0 saturated carbocycles. The highest BCUT2D eigenvalue weighted by atomic mass is 16.4. The van der Waals surface area contributed by atoms with Crippen LogP contribution in [0.5, 0.6) is 0 Å². The van der Waals surface area contributed by atoms with E-state index in [1.54, 1.807) is 20.8 Å². The van der Waals surface area contributed by atoms with Crippen molar-refractivity contribution in [1.82, 2.24) is 0 Å². The molecule has 0 rings (SSSR count). The first-order valence-corrected chi connectivity index (χ1v) is 13.7. The van der Waals surface area contributed by atoms with Gasteiger partial charge in [-0.1, -0.05) is 64.5 Å². The van der Waals surface area contributed by atoms with Gasteiger partial charge in [0, 0.05) is 11.9 Å². The zero-order chi connectivity index (χ0) is 26.7. The van der Waals surface area contributed by atoms with E-state index in [2.05, 4.69) is 19.1 Å². The molecule has 0 spiro atoms. The highest BCUT2D eigenvalue weighted by molar-refractivity contribution is 5.70. The monoisotopic (exact) mass is 497 g/mol. The van der Waals surface area contributed by atoms with Crippen LogP contribution in [0.25, 0.3) is 0 Å². The second-order valence-electron chi connectivity index (χ2n) is 10.5. The van der Waals surface area contributed by atoms with Gasteiger partial charge >= 0.3 is 11.9 Å². The lowest BCUT2D eigenvalue weighted by atomic mass is 10.0. The first-order valence-electron chi connectivity index (χ1n) is 13.7. The van der Waals surface area contributed by atoms with Gasteiger partial charge < -0.3 is 24.6 Å². The van der Waals surface area contributed by atoms with Crippen LogP contribution in [0.15, 0.2) is 12.2 Å². The van der Waals surface area contributed by atoms with Gasteiger partial charge in [0.05, 0.1) is 26.2 Å².